The Labute approximate surface area is 199 Å². The largest absolute Gasteiger partial charge is 0.508 e. The second kappa shape index (κ2) is 13.5. The zero-order valence-corrected chi connectivity index (χ0v) is 20.3. The van der Waals surface area contributed by atoms with Crippen LogP contribution in [-0.4, -0.2) is 63.9 Å². The Balaban J connectivity index is 1.36. The first-order chi connectivity index (χ1) is 16.0. The summed E-state index contributed by atoms with van der Waals surface area (Å²) in [5, 5.41) is 28.8. The van der Waals surface area contributed by atoms with Crippen molar-refractivity contribution in [3.63, 3.8) is 0 Å². The molecule has 0 aromatic heterocycles. The number of aromatic hydroxyl groups is 3. The first kappa shape index (κ1) is 25.4. The van der Waals surface area contributed by atoms with Gasteiger partial charge in [0.25, 0.3) is 0 Å². The van der Waals surface area contributed by atoms with Gasteiger partial charge < -0.3 is 25.1 Å². The monoisotopic (exact) mass is 454 g/mol. The SMILES string of the molecule is CCCCN(CCCCCN1CCCC1Cc1ccc(O)c(O)c1)CCc1ccc(O)cc1. The minimum absolute atomic E-state index is 0.0184. The topological polar surface area (TPSA) is 67.2 Å². The highest BCUT2D eigenvalue weighted by atomic mass is 16.3. The first-order valence-electron chi connectivity index (χ1n) is 12.8. The van der Waals surface area contributed by atoms with Crippen LogP contribution in [0.5, 0.6) is 17.2 Å². The lowest BCUT2D eigenvalue weighted by Crippen LogP contribution is -2.32. The summed E-state index contributed by atoms with van der Waals surface area (Å²) in [7, 11) is 0. The second-order valence-corrected chi connectivity index (χ2v) is 9.53. The molecular formula is C28H42N2O3. The van der Waals surface area contributed by atoms with Gasteiger partial charge >= 0.3 is 0 Å². The Kier molecular flexibility index (Phi) is 10.4. The standard InChI is InChI=1S/C28H42N2O3/c1-2-3-16-29(20-15-23-9-12-26(31)13-10-23)17-5-4-6-18-30-19-7-8-25(30)21-24-11-14-27(32)28(33)22-24/h9-14,22,25,31-33H,2-8,15-21H2,1H3. The minimum atomic E-state index is -0.0434. The van der Waals surface area contributed by atoms with Gasteiger partial charge in [0.15, 0.2) is 11.5 Å². The smallest absolute Gasteiger partial charge is 0.157 e. The lowest BCUT2D eigenvalue weighted by molar-refractivity contribution is 0.237. The minimum Gasteiger partial charge on any atom is -0.508 e. The van der Waals surface area contributed by atoms with Crippen molar-refractivity contribution in [2.45, 2.75) is 70.8 Å². The Morgan fingerprint density at radius 2 is 1.61 bits per heavy atom. The van der Waals surface area contributed by atoms with Crippen LogP contribution < -0.4 is 0 Å². The van der Waals surface area contributed by atoms with Crippen molar-refractivity contribution in [3.8, 4) is 17.2 Å². The Morgan fingerprint density at radius 3 is 2.36 bits per heavy atom. The summed E-state index contributed by atoms with van der Waals surface area (Å²) < 4.78 is 0. The predicted molar refractivity (Wildman–Crippen MR) is 135 cm³/mol. The fourth-order valence-corrected chi connectivity index (χ4v) is 4.88. The molecule has 2 aromatic carbocycles. The Hall–Kier alpha value is -2.24. The van der Waals surface area contributed by atoms with Crippen molar-refractivity contribution in [1.29, 1.82) is 0 Å². The number of likely N-dealkylation sites (tertiary alicyclic amines) is 1. The van der Waals surface area contributed by atoms with Crippen molar-refractivity contribution in [1.82, 2.24) is 9.80 Å². The van der Waals surface area contributed by atoms with E-state index >= 15 is 0 Å². The highest BCUT2D eigenvalue weighted by Gasteiger charge is 2.24. The number of unbranched alkanes of at least 4 members (excludes halogenated alkanes) is 3. The van der Waals surface area contributed by atoms with E-state index in [4.69, 9.17) is 0 Å². The number of benzene rings is 2. The molecule has 1 aliphatic rings. The van der Waals surface area contributed by atoms with E-state index in [1.54, 1.807) is 24.3 Å². The summed E-state index contributed by atoms with van der Waals surface area (Å²) >= 11 is 0. The number of phenols is 3. The van der Waals surface area contributed by atoms with Crippen LogP contribution in [0.1, 0.15) is 63.0 Å². The maximum absolute atomic E-state index is 9.78. The van der Waals surface area contributed by atoms with E-state index in [0.717, 1.165) is 38.0 Å². The highest BCUT2D eigenvalue weighted by molar-refractivity contribution is 5.40. The fraction of sp³-hybridized carbons (Fsp3) is 0.571. The normalized spacial score (nSPS) is 16.6. The molecule has 1 fully saturated rings. The van der Waals surface area contributed by atoms with Gasteiger partial charge in [0.2, 0.25) is 0 Å². The average molecular weight is 455 g/mol. The van der Waals surface area contributed by atoms with Crippen LogP contribution in [0.15, 0.2) is 42.5 Å². The summed E-state index contributed by atoms with van der Waals surface area (Å²) in [4.78, 5) is 5.22. The van der Waals surface area contributed by atoms with Crippen molar-refractivity contribution < 1.29 is 15.3 Å². The van der Waals surface area contributed by atoms with Crippen molar-refractivity contribution >= 4 is 0 Å². The van der Waals surface area contributed by atoms with Gasteiger partial charge in [-0.15, -0.1) is 0 Å². The van der Waals surface area contributed by atoms with Gasteiger partial charge in [0.1, 0.15) is 5.75 Å². The summed E-state index contributed by atoms with van der Waals surface area (Å²) in [6.07, 6.45) is 10.6. The molecule has 0 spiro atoms. The molecular weight excluding hydrogens is 412 g/mol. The van der Waals surface area contributed by atoms with E-state index in [1.807, 2.05) is 18.2 Å². The van der Waals surface area contributed by atoms with E-state index in [1.165, 1.54) is 63.6 Å². The van der Waals surface area contributed by atoms with E-state index in [-0.39, 0.29) is 11.5 Å². The van der Waals surface area contributed by atoms with Gasteiger partial charge in [0.05, 0.1) is 0 Å². The molecule has 33 heavy (non-hydrogen) atoms. The van der Waals surface area contributed by atoms with Gasteiger partial charge in [-0.1, -0.05) is 38.0 Å². The van der Waals surface area contributed by atoms with Crippen LogP contribution in [0.2, 0.25) is 0 Å². The molecule has 1 saturated heterocycles. The van der Waals surface area contributed by atoms with E-state index < -0.39 is 0 Å². The molecule has 0 amide bonds. The number of hydrogen-bond acceptors (Lipinski definition) is 5. The third kappa shape index (κ3) is 8.56. The zero-order valence-electron chi connectivity index (χ0n) is 20.3. The van der Waals surface area contributed by atoms with Gasteiger partial charge in [0, 0.05) is 12.6 Å². The third-order valence-electron chi connectivity index (χ3n) is 6.91. The molecule has 0 saturated carbocycles. The Bertz CT molecular complexity index is 824. The van der Waals surface area contributed by atoms with Crippen molar-refractivity contribution in [2.75, 3.05) is 32.7 Å². The molecule has 0 aliphatic carbocycles. The van der Waals surface area contributed by atoms with Gasteiger partial charge in [-0.3, -0.25) is 0 Å². The van der Waals surface area contributed by atoms with E-state index in [9.17, 15) is 15.3 Å². The first-order valence-corrected chi connectivity index (χ1v) is 12.8. The van der Waals surface area contributed by atoms with Crippen molar-refractivity contribution in [2.24, 2.45) is 0 Å². The molecule has 2 aromatic rings. The number of hydrogen-bond donors (Lipinski definition) is 3. The number of rotatable bonds is 14. The van der Waals surface area contributed by atoms with Crippen LogP contribution in [0.4, 0.5) is 0 Å². The highest BCUT2D eigenvalue weighted by Crippen LogP contribution is 2.28. The van der Waals surface area contributed by atoms with E-state index in [0.29, 0.717) is 11.8 Å². The van der Waals surface area contributed by atoms with Crippen LogP contribution in [0.3, 0.4) is 0 Å². The van der Waals surface area contributed by atoms with Gasteiger partial charge in [-0.05, 0) is 107 Å². The summed E-state index contributed by atoms with van der Waals surface area (Å²) in [5.74, 6) is 0.274. The van der Waals surface area contributed by atoms with Gasteiger partial charge in [-0.2, -0.15) is 0 Å². The van der Waals surface area contributed by atoms with Crippen LogP contribution in [0, 0.1) is 0 Å². The maximum atomic E-state index is 9.78. The molecule has 5 heteroatoms. The van der Waals surface area contributed by atoms with Crippen LogP contribution >= 0.6 is 0 Å². The van der Waals surface area contributed by atoms with Gasteiger partial charge in [-0.25, -0.2) is 0 Å². The lowest BCUT2D eigenvalue weighted by Gasteiger charge is -2.25. The molecule has 3 N–H and O–H groups in total. The van der Waals surface area contributed by atoms with Crippen LogP contribution in [-0.2, 0) is 12.8 Å². The summed E-state index contributed by atoms with van der Waals surface area (Å²) in [6.45, 7) is 7.99. The molecule has 1 unspecified atom stereocenters. The Morgan fingerprint density at radius 1 is 0.848 bits per heavy atom. The van der Waals surface area contributed by atoms with Crippen LogP contribution in [0.25, 0.3) is 0 Å². The molecule has 5 nitrogen and oxygen atoms in total. The predicted octanol–water partition coefficient (Wildman–Crippen LogP) is 5.33. The number of nitrogens with zero attached hydrogens (tertiary/aromatic N) is 2. The molecule has 1 atom stereocenters. The third-order valence-corrected chi connectivity index (χ3v) is 6.91. The van der Waals surface area contributed by atoms with E-state index in [2.05, 4.69) is 16.7 Å². The molecule has 182 valence electrons. The van der Waals surface area contributed by atoms with Crippen molar-refractivity contribution in [3.05, 3.63) is 53.6 Å². The second-order valence-electron chi connectivity index (χ2n) is 9.53. The fourth-order valence-electron chi connectivity index (χ4n) is 4.88. The average Bonchev–Trinajstić information content (AvgIpc) is 3.25. The molecule has 0 radical (unpaired) electrons. The number of phenolic OH excluding ortho intramolecular Hbond substituents is 3. The molecule has 1 heterocycles. The summed E-state index contributed by atoms with van der Waals surface area (Å²) in [5.41, 5.74) is 2.39. The molecule has 1 aliphatic heterocycles. The maximum Gasteiger partial charge on any atom is 0.157 e. The quantitative estimate of drug-likeness (QED) is 0.266. The summed E-state index contributed by atoms with van der Waals surface area (Å²) in [6, 6.07) is 13.4. The zero-order chi connectivity index (χ0) is 23.5. The molecule has 3 rings (SSSR count). The lowest BCUT2D eigenvalue weighted by atomic mass is 10.0. The molecule has 0 bridgehead atoms.